The van der Waals surface area contributed by atoms with E-state index in [0.29, 0.717) is 6.04 Å². The number of aryl methyl sites for hydroxylation is 1. The van der Waals surface area contributed by atoms with Crippen LogP contribution in [0.3, 0.4) is 0 Å². The quantitative estimate of drug-likeness (QED) is 0.701. The molecule has 0 fully saturated rings. The van der Waals surface area contributed by atoms with Gasteiger partial charge in [0.05, 0.1) is 0 Å². The van der Waals surface area contributed by atoms with Crippen molar-refractivity contribution in [1.82, 2.24) is 10.3 Å². The number of nitrogens with one attached hydrogen (secondary N) is 1. The van der Waals surface area contributed by atoms with Crippen molar-refractivity contribution in [1.29, 1.82) is 0 Å². The fourth-order valence-corrected chi connectivity index (χ4v) is 2.44. The lowest BCUT2D eigenvalue weighted by Crippen LogP contribution is -2.34. The first-order valence-corrected chi connectivity index (χ1v) is 8.63. The molecule has 3 heteroatoms. The number of aromatic nitrogens is 1. The van der Waals surface area contributed by atoms with Gasteiger partial charge in [-0.15, -0.1) is 0 Å². The SMILES string of the molecule is CCCCN(c1cc(CNCC)cc(CC)n1)C(C)CC. The van der Waals surface area contributed by atoms with Gasteiger partial charge < -0.3 is 10.2 Å². The van der Waals surface area contributed by atoms with Crippen molar-refractivity contribution < 1.29 is 0 Å². The molecule has 1 aromatic heterocycles. The Labute approximate surface area is 131 Å². The van der Waals surface area contributed by atoms with Crippen LogP contribution >= 0.6 is 0 Å². The van der Waals surface area contributed by atoms with Crippen molar-refractivity contribution in [3.8, 4) is 0 Å². The average molecular weight is 291 g/mol. The highest BCUT2D eigenvalue weighted by Gasteiger charge is 2.15. The van der Waals surface area contributed by atoms with Gasteiger partial charge in [0.1, 0.15) is 5.82 Å². The zero-order valence-corrected chi connectivity index (χ0v) is 14.6. The topological polar surface area (TPSA) is 28.2 Å². The Morgan fingerprint density at radius 3 is 2.52 bits per heavy atom. The number of hydrogen-bond acceptors (Lipinski definition) is 3. The van der Waals surface area contributed by atoms with Crippen LogP contribution in [0.25, 0.3) is 0 Å². The summed E-state index contributed by atoms with van der Waals surface area (Å²) in [7, 11) is 0. The molecule has 0 saturated heterocycles. The van der Waals surface area contributed by atoms with Crippen LogP contribution in [0.15, 0.2) is 12.1 Å². The van der Waals surface area contributed by atoms with Gasteiger partial charge in [-0.1, -0.05) is 34.1 Å². The molecule has 0 spiro atoms. The minimum absolute atomic E-state index is 0.545. The zero-order chi connectivity index (χ0) is 15.7. The third-order valence-electron chi connectivity index (χ3n) is 4.04. The summed E-state index contributed by atoms with van der Waals surface area (Å²) >= 11 is 0. The number of anilines is 1. The van der Waals surface area contributed by atoms with E-state index in [2.05, 4.69) is 57.0 Å². The van der Waals surface area contributed by atoms with Crippen LogP contribution in [0.1, 0.15) is 65.1 Å². The first kappa shape index (κ1) is 18.0. The summed E-state index contributed by atoms with van der Waals surface area (Å²) in [6.07, 6.45) is 4.61. The third kappa shape index (κ3) is 5.66. The number of pyridine rings is 1. The van der Waals surface area contributed by atoms with Crippen LogP contribution < -0.4 is 10.2 Å². The molecule has 1 atom stereocenters. The van der Waals surface area contributed by atoms with E-state index in [1.807, 2.05) is 0 Å². The van der Waals surface area contributed by atoms with E-state index in [1.165, 1.54) is 24.1 Å². The maximum atomic E-state index is 4.88. The Morgan fingerprint density at radius 1 is 1.19 bits per heavy atom. The summed E-state index contributed by atoms with van der Waals surface area (Å²) in [5.74, 6) is 1.16. The van der Waals surface area contributed by atoms with Crippen molar-refractivity contribution in [2.24, 2.45) is 0 Å². The molecule has 0 bridgehead atoms. The fraction of sp³-hybridized carbons (Fsp3) is 0.722. The summed E-state index contributed by atoms with van der Waals surface area (Å²) in [5, 5.41) is 3.42. The molecule has 0 amide bonds. The Bertz CT molecular complexity index is 403. The molecule has 1 heterocycles. The number of rotatable bonds is 10. The van der Waals surface area contributed by atoms with Crippen LogP contribution in [0.4, 0.5) is 5.82 Å². The van der Waals surface area contributed by atoms with Gasteiger partial charge in [-0.3, -0.25) is 0 Å². The van der Waals surface area contributed by atoms with Gasteiger partial charge >= 0.3 is 0 Å². The fourth-order valence-electron chi connectivity index (χ4n) is 2.44. The van der Waals surface area contributed by atoms with Crippen molar-refractivity contribution in [3.05, 3.63) is 23.4 Å². The molecule has 3 nitrogen and oxygen atoms in total. The molecule has 0 saturated carbocycles. The Hall–Kier alpha value is -1.09. The van der Waals surface area contributed by atoms with E-state index < -0.39 is 0 Å². The van der Waals surface area contributed by atoms with Crippen LogP contribution in [0.5, 0.6) is 0 Å². The van der Waals surface area contributed by atoms with Crippen LogP contribution in [-0.4, -0.2) is 24.1 Å². The molecule has 1 unspecified atom stereocenters. The van der Waals surface area contributed by atoms with Crippen molar-refractivity contribution >= 4 is 5.82 Å². The van der Waals surface area contributed by atoms with Gasteiger partial charge in [-0.2, -0.15) is 0 Å². The monoisotopic (exact) mass is 291 g/mol. The normalized spacial score (nSPS) is 12.4. The van der Waals surface area contributed by atoms with Crippen LogP contribution in [0.2, 0.25) is 0 Å². The van der Waals surface area contributed by atoms with Gasteiger partial charge in [-0.25, -0.2) is 4.98 Å². The first-order valence-electron chi connectivity index (χ1n) is 8.63. The molecule has 0 aliphatic heterocycles. The molecule has 120 valence electrons. The highest BCUT2D eigenvalue weighted by Crippen LogP contribution is 2.20. The standard InChI is InChI=1S/C18H33N3/c1-6-10-11-21(15(5)7-2)18-13-16(14-19-9-4)12-17(8-3)20-18/h12-13,15,19H,6-11,14H2,1-5H3. The molecule has 0 aliphatic rings. The summed E-state index contributed by atoms with van der Waals surface area (Å²) in [4.78, 5) is 7.36. The van der Waals surface area contributed by atoms with Crippen LogP contribution in [0, 0.1) is 0 Å². The van der Waals surface area contributed by atoms with Crippen molar-refractivity contribution in [2.45, 2.75) is 72.9 Å². The molecule has 0 aromatic carbocycles. The summed E-state index contributed by atoms with van der Waals surface area (Å²) < 4.78 is 0. The Kier molecular flexibility index (Phi) is 8.36. The average Bonchev–Trinajstić information content (AvgIpc) is 2.52. The molecular weight excluding hydrogens is 258 g/mol. The van der Waals surface area contributed by atoms with Crippen molar-refractivity contribution in [3.63, 3.8) is 0 Å². The summed E-state index contributed by atoms with van der Waals surface area (Å²) in [5.41, 5.74) is 2.55. The number of hydrogen-bond donors (Lipinski definition) is 1. The predicted octanol–water partition coefficient (Wildman–Crippen LogP) is 4.16. The van der Waals surface area contributed by atoms with E-state index in [9.17, 15) is 0 Å². The molecule has 1 N–H and O–H groups in total. The third-order valence-corrected chi connectivity index (χ3v) is 4.04. The van der Waals surface area contributed by atoms with Crippen LogP contribution in [-0.2, 0) is 13.0 Å². The van der Waals surface area contributed by atoms with E-state index >= 15 is 0 Å². The number of nitrogens with zero attached hydrogens (tertiary/aromatic N) is 2. The largest absolute Gasteiger partial charge is 0.354 e. The molecule has 1 aromatic rings. The molecule has 21 heavy (non-hydrogen) atoms. The zero-order valence-electron chi connectivity index (χ0n) is 14.6. The lowest BCUT2D eigenvalue weighted by atomic mass is 10.1. The van der Waals surface area contributed by atoms with Crippen molar-refractivity contribution in [2.75, 3.05) is 18.0 Å². The minimum Gasteiger partial charge on any atom is -0.354 e. The van der Waals surface area contributed by atoms with Gasteiger partial charge in [-0.05, 0) is 50.4 Å². The van der Waals surface area contributed by atoms with E-state index in [0.717, 1.165) is 38.3 Å². The minimum atomic E-state index is 0.545. The highest BCUT2D eigenvalue weighted by molar-refractivity contribution is 5.44. The second-order valence-electron chi connectivity index (χ2n) is 5.76. The Balaban J connectivity index is 3.03. The smallest absolute Gasteiger partial charge is 0.129 e. The van der Waals surface area contributed by atoms with Gasteiger partial charge in [0.15, 0.2) is 0 Å². The lowest BCUT2D eigenvalue weighted by molar-refractivity contribution is 0.588. The van der Waals surface area contributed by atoms with Gasteiger partial charge in [0.2, 0.25) is 0 Å². The molecular formula is C18H33N3. The maximum Gasteiger partial charge on any atom is 0.129 e. The van der Waals surface area contributed by atoms with Gasteiger partial charge in [0.25, 0.3) is 0 Å². The summed E-state index contributed by atoms with van der Waals surface area (Å²) in [6.45, 7) is 14.2. The van der Waals surface area contributed by atoms with E-state index in [1.54, 1.807) is 0 Å². The lowest BCUT2D eigenvalue weighted by Gasteiger charge is -2.30. The molecule has 0 radical (unpaired) electrons. The van der Waals surface area contributed by atoms with E-state index in [-0.39, 0.29) is 0 Å². The first-order chi connectivity index (χ1) is 10.2. The Morgan fingerprint density at radius 2 is 1.95 bits per heavy atom. The van der Waals surface area contributed by atoms with Gasteiger partial charge in [0, 0.05) is 24.8 Å². The van der Waals surface area contributed by atoms with E-state index in [4.69, 9.17) is 4.98 Å². The predicted molar refractivity (Wildman–Crippen MR) is 93.0 cm³/mol. The second kappa shape index (κ2) is 9.78. The highest BCUT2D eigenvalue weighted by atomic mass is 15.2. The molecule has 1 rings (SSSR count). The molecule has 0 aliphatic carbocycles. The second-order valence-corrected chi connectivity index (χ2v) is 5.76. The summed E-state index contributed by atoms with van der Waals surface area (Å²) in [6, 6.07) is 5.05. The maximum absolute atomic E-state index is 4.88. The number of unbranched alkanes of at least 4 members (excludes halogenated alkanes) is 1.